The smallest absolute Gasteiger partial charge is 0.222 e. The Labute approximate surface area is 110 Å². The Balaban J connectivity index is 1.73. The predicted molar refractivity (Wildman–Crippen MR) is 71.3 cm³/mol. The molecule has 2 rings (SSSR count). The molecule has 1 amide bonds. The number of rotatable bonds is 6. The molecule has 2 fully saturated rings. The number of aliphatic hydroxyl groups is 1. The summed E-state index contributed by atoms with van der Waals surface area (Å²) in [5.41, 5.74) is 0. The average molecular weight is 254 g/mol. The fourth-order valence-electron chi connectivity index (χ4n) is 2.96. The van der Waals surface area contributed by atoms with Crippen molar-refractivity contribution in [1.82, 2.24) is 10.2 Å². The summed E-state index contributed by atoms with van der Waals surface area (Å²) in [5, 5.41) is 12.4. The third-order valence-electron chi connectivity index (χ3n) is 4.40. The van der Waals surface area contributed by atoms with Crippen molar-refractivity contribution in [1.29, 1.82) is 0 Å². The summed E-state index contributed by atoms with van der Waals surface area (Å²) >= 11 is 0. The molecule has 2 aliphatic rings. The first-order valence-corrected chi connectivity index (χ1v) is 7.42. The van der Waals surface area contributed by atoms with Gasteiger partial charge in [-0.05, 0) is 57.5 Å². The van der Waals surface area contributed by atoms with Crippen molar-refractivity contribution >= 4 is 5.91 Å². The van der Waals surface area contributed by atoms with Crippen molar-refractivity contribution in [2.75, 3.05) is 26.2 Å². The van der Waals surface area contributed by atoms with Crippen molar-refractivity contribution in [2.45, 2.75) is 51.0 Å². The van der Waals surface area contributed by atoms with Crippen LogP contribution in [0.25, 0.3) is 0 Å². The summed E-state index contributed by atoms with van der Waals surface area (Å²) in [5.74, 6) is 0.972. The van der Waals surface area contributed by atoms with E-state index in [2.05, 4.69) is 5.32 Å². The summed E-state index contributed by atoms with van der Waals surface area (Å²) < 4.78 is 0. The van der Waals surface area contributed by atoms with Crippen molar-refractivity contribution < 1.29 is 9.90 Å². The van der Waals surface area contributed by atoms with Gasteiger partial charge in [0.2, 0.25) is 5.91 Å². The minimum atomic E-state index is 0.0928. The van der Waals surface area contributed by atoms with Gasteiger partial charge in [0.25, 0.3) is 0 Å². The van der Waals surface area contributed by atoms with Crippen LogP contribution in [0.15, 0.2) is 0 Å². The fraction of sp³-hybridized carbons (Fsp3) is 0.929. The molecule has 0 unspecified atom stereocenters. The number of nitrogens with one attached hydrogen (secondary N) is 1. The van der Waals surface area contributed by atoms with Gasteiger partial charge in [0.1, 0.15) is 0 Å². The molecule has 0 bridgehead atoms. The van der Waals surface area contributed by atoms with Crippen LogP contribution in [0, 0.1) is 5.92 Å². The monoisotopic (exact) mass is 254 g/mol. The molecule has 4 nitrogen and oxygen atoms in total. The highest BCUT2D eigenvalue weighted by Gasteiger charge is 2.28. The number of carbonyl (C=O) groups excluding carboxylic acids is 1. The molecule has 0 spiro atoms. The number of aliphatic hydroxyl groups excluding tert-OH is 1. The van der Waals surface area contributed by atoms with Gasteiger partial charge < -0.3 is 15.3 Å². The first kappa shape index (κ1) is 13.8. The van der Waals surface area contributed by atoms with Crippen molar-refractivity contribution in [3.05, 3.63) is 0 Å². The van der Waals surface area contributed by atoms with E-state index in [4.69, 9.17) is 5.11 Å². The van der Waals surface area contributed by atoms with Crippen molar-refractivity contribution in [2.24, 2.45) is 5.92 Å². The summed E-state index contributed by atoms with van der Waals surface area (Å²) in [7, 11) is 0. The first-order valence-electron chi connectivity index (χ1n) is 7.42. The Morgan fingerprint density at radius 2 is 1.94 bits per heavy atom. The van der Waals surface area contributed by atoms with Crippen molar-refractivity contribution in [3.63, 3.8) is 0 Å². The van der Waals surface area contributed by atoms with Gasteiger partial charge in [-0.2, -0.15) is 0 Å². The minimum Gasteiger partial charge on any atom is -0.395 e. The molecule has 2 N–H and O–H groups in total. The lowest BCUT2D eigenvalue weighted by molar-refractivity contribution is -0.136. The molecule has 18 heavy (non-hydrogen) atoms. The molecule has 1 aliphatic heterocycles. The Bertz CT molecular complexity index is 261. The van der Waals surface area contributed by atoms with Crippen LogP contribution >= 0.6 is 0 Å². The number of hydrogen-bond acceptors (Lipinski definition) is 3. The molecule has 0 aromatic heterocycles. The molecule has 1 saturated carbocycles. The highest BCUT2D eigenvalue weighted by atomic mass is 16.3. The standard InChI is InChI=1S/C14H26N2O2/c17-11-10-16(13-2-1-3-13)14(18)5-4-12-6-8-15-9-7-12/h12-13,15,17H,1-11H2. The molecular formula is C14H26N2O2. The van der Waals surface area contributed by atoms with E-state index in [0.717, 1.165) is 32.4 Å². The highest BCUT2D eigenvalue weighted by Crippen LogP contribution is 2.26. The number of carbonyl (C=O) groups is 1. The fourth-order valence-corrected chi connectivity index (χ4v) is 2.96. The molecule has 1 saturated heterocycles. The Morgan fingerprint density at radius 3 is 2.50 bits per heavy atom. The van der Waals surface area contributed by atoms with E-state index in [9.17, 15) is 4.79 Å². The van der Waals surface area contributed by atoms with Crippen LogP contribution in [0.4, 0.5) is 0 Å². The summed E-state index contributed by atoms with van der Waals surface area (Å²) in [6.07, 6.45) is 7.58. The van der Waals surface area contributed by atoms with Gasteiger partial charge in [-0.25, -0.2) is 0 Å². The van der Waals surface area contributed by atoms with Crippen LogP contribution in [-0.4, -0.2) is 48.2 Å². The first-order chi connectivity index (χ1) is 8.81. The third kappa shape index (κ3) is 3.69. The van der Waals surface area contributed by atoms with Crippen LogP contribution < -0.4 is 5.32 Å². The highest BCUT2D eigenvalue weighted by molar-refractivity contribution is 5.76. The second-order valence-electron chi connectivity index (χ2n) is 5.63. The molecule has 0 radical (unpaired) electrons. The second kappa shape index (κ2) is 7.10. The quantitative estimate of drug-likeness (QED) is 0.747. The molecule has 104 valence electrons. The summed E-state index contributed by atoms with van der Waals surface area (Å²) in [6, 6.07) is 0.415. The SMILES string of the molecule is O=C(CCC1CCNCC1)N(CCO)C1CCC1. The Kier molecular flexibility index (Phi) is 5.45. The van der Waals surface area contributed by atoms with E-state index in [0.29, 0.717) is 24.9 Å². The summed E-state index contributed by atoms with van der Waals surface area (Å²) in [6.45, 7) is 2.81. The van der Waals surface area contributed by atoms with Gasteiger partial charge in [-0.15, -0.1) is 0 Å². The lowest BCUT2D eigenvalue weighted by Crippen LogP contribution is -2.45. The number of piperidine rings is 1. The third-order valence-corrected chi connectivity index (χ3v) is 4.40. The number of nitrogens with zero attached hydrogens (tertiary/aromatic N) is 1. The molecule has 0 atom stereocenters. The van der Waals surface area contributed by atoms with Gasteiger partial charge in [0.05, 0.1) is 6.61 Å². The van der Waals surface area contributed by atoms with Gasteiger partial charge in [0, 0.05) is 19.0 Å². The molecule has 1 heterocycles. The van der Waals surface area contributed by atoms with E-state index in [1.54, 1.807) is 0 Å². The van der Waals surface area contributed by atoms with Gasteiger partial charge in [0.15, 0.2) is 0 Å². The normalized spacial score (nSPS) is 21.6. The maximum absolute atomic E-state index is 12.2. The van der Waals surface area contributed by atoms with Crippen LogP contribution in [0.2, 0.25) is 0 Å². The second-order valence-corrected chi connectivity index (χ2v) is 5.63. The molecule has 0 aromatic rings. The van der Waals surface area contributed by atoms with Crippen LogP contribution in [0.1, 0.15) is 44.9 Å². The molecular weight excluding hydrogens is 228 g/mol. The number of amides is 1. The van der Waals surface area contributed by atoms with E-state index in [1.165, 1.54) is 19.3 Å². The summed E-state index contributed by atoms with van der Waals surface area (Å²) in [4.78, 5) is 14.1. The maximum atomic E-state index is 12.2. The minimum absolute atomic E-state index is 0.0928. The Morgan fingerprint density at radius 1 is 1.22 bits per heavy atom. The maximum Gasteiger partial charge on any atom is 0.222 e. The Hall–Kier alpha value is -0.610. The van der Waals surface area contributed by atoms with Gasteiger partial charge >= 0.3 is 0 Å². The zero-order valence-electron chi connectivity index (χ0n) is 11.2. The average Bonchev–Trinajstić information content (AvgIpc) is 2.34. The molecule has 0 aromatic carbocycles. The molecule has 1 aliphatic carbocycles. The van der Waals surface area contributed by atoms with E-state index in [-0.39, 0.29) is 12.5 Å². The van der Waals surface area contributed by atoms with Gasteiger partial charge in [-0.1, -0.05) is 0 Å². The van der Waals surface area contributed by atoms with E-state index >= 15 is 0 Å². The molecule has 4 heteroatoms. The predicted octanol–water partition coefficient (Wildman–Crippen LogP) is 1.14. The largest absolute Gasteiger partial charge is 0.395 e. The lowest BCUT2D eigenvalue weighted by Gasteiger charge is -2.37. The van der Waals surface area contributed by atoms with Crippen LogP contribution in [0.5, 0.6) is 0 Å². The van der Waals surface area contributed by atoms with E-state index in [1.807, 2.05) is 4.90 Å². The zero-order chi connectivity index (χ0) is 12.8. The number of hydrogen-bond donors (Lipinski definition) is 2. The van der Waals surface area contributed by atoms with Gasteiger partial charge in [-0.3, -0.25) is 4.79 Å². The lowest BCUT2D eigenvalue weighted by atomic mass is 9.90. The van der Waals surface area contributed by atoms with Crippen LogP contribution in [-0.2, 0) is 4.79 Å². The topological polar surface area (TPSA) is 52.6 Å². The zero-order valence-corrected chi connectivity index (χ0v) is 11.2. The van der Waals surface area contributed by atoms with E-state index < -0.39 is 0 Å². The van der Waals surface area contributed by atoms with Crippen LogP contribution in [0.3, 0.4) is 0 Å². The van der Waals surface area contributed by atoms with Crippen molar-refractivity contribution in [3.8, 4) is 0 Å².